The van der Waals surface area contributed by atoms with Gasteiger partial charge in [0.25, 0.3) is 0 Å². The third-order valence-electron chi connectivity index (χ3n) is 3.93. The fourth-order valence-electron chi connectivity index (χ4n) is 2.79. The first-order valence-electron chi connectivity index (χ1n) is 7.74. The van der Waals surface area contributed by atoms with Crippen molar-refractivity contribution in [1.29, 1.82) is 0 Å². The largest absolute Gasteiger partial charge is 0.488 e. The van der Waals surface area contributed by atoms with Crippen molar-refractivity contribution in [2.75, 3.05) is 0 Å². The maximum absolute atomic E-state index is 6.11. The van der Waals surface area contributed by atoms with Gasteiger partial charge in [0.2, 0.25) is 0 Å². The minimum absolute atomic E-state index is 0.504. The Bertz CT molecular complexity index is 973. The first-order valence-corrected chi connectivity index (χ1v) is 8.53. The molecule has 1 heterocycles. The van der Waals surface area contributed by atoms with Crippen LogP contribution >= 0.6 is 15.9 Å². The summed E-state index contributed by atoms with van der Waals surface area (Å²) in [6, 6.07) is 24.5. The molecule has 0 atom stereocenters. The molecular weight excluding hydrogens is 364 g/mol. The monoisotopic (exact) mass is 378 g/mol. The normalized spacial score (nSPS) is 10.9. The van der Waals surface area contributed by atoms with Crippen LogP contribution in [-0.4, -0.2) is 0 Å². The predicted molar refractivity (Wildman–Crippen MR) is 100 cm³/mol. The molecule has 0 saturated heterocycles. The zero-order valence-corrected chi connectivity index (χ0v) is 14.5. The van der Waals surface area contributed by atoms with Crippen LogP contribution in [0.15, 0.2) is 87.9 Å². The molecule has 3 aromatic carbocycles. The maximum atomic E-state index is 6.11. The van der Waals surface area contributed by atoms with Gasteiger partial charge in [-0.25, -0.2) is 0 Å². The van der Waals surface area contributed by atoms with E-state index in [9.17, 15) is 0 Å². The zero-order chi connectivity index (χ0) is 16.4. The Balaban J connectivity index is 1.62. The topological polar surface area (TPSA) is 22.4 Å². The van der Waals surface area contributed by atoms with E-state index in [2.05, 4.69) is 40.2 Å². The number of furan rings is 1. The average molecular weight is 379 g/mol. The first-order chi connectivity index (χ1) is 11.8. The molecule has 4 aromatic rings. The van der Waals surface area contributed by atoms with Crippen LogP contribution in [0.25, 0.3) is 22.1 Å². The summed E-state index contributed by atoms with van der Waals surface area (Å²) in [4.78, 5) is 0. The average Bonchev–Trinajstić information content (AvgIpc) is 3.10. The highest BCUT2D eigenvalue weighted by Crippen LogP contribution is 2.31. The molecule has 0 spiro atoms. The lowest BCUT2D eigenvalue weighted by Crippen LogP contribution is -1.97. The van der Waals surface area contributed by atoms with Gasteiger partial charge in [0, 0.05) is 10.9 Å². The Morgan fingerprint density at radius 2 is 1.67 bits per heavy atom. The highest BCUT2D eigenvalue weighted by Gasteiger charge is 2.08. The predicted octanol–water partition coefficient (Wildman–Crippen LogP) is 6.44. The van der Waals surface area contributed by atoms with Crippen molar-refractivity contribution < 1.29 is 9.15 Å². The van der Waals surface area contributed by atoms with E-state index < -0.39 is 0 Å². The lowest BCUT2D eigenvalue weighted by atomic mass is 10.0. The molecule has 0 amide bonds. The fraction of sp³-hybridized carbons (Fsp3) is 0.0476. The number of benzene rings is 3. The molecule has 0 N–H and O–H groups in total. The van der Waals surface area contributed by atoms with Crippen LogP contribution in [0.3, 0.4) is 0 Å². The van der Waals surface area contributed by atoms with Gasteiger partial charge in [0.05, 0.1) is 10.7 Å². The van der Waals surface area contributed by atoms with Gasteiger partial charge in [0.15, 0.2) is 0 Å². The van der Waals surface area contributed by atoms with Crippen molar-refractivity contribution in [3.63, 3.8) is 0 Å². The quantitative estimate of drug-likeness (QED) is 0.407. The van der Waals surface area contributed by atoms with E-state index in [1.807, 2.05) is 48.5 Å². The number of para-hydroxylation sites is 1. The Morgan fingerprint density at radius 1 is 0.875 bits per heavy atom. The van der Waals surface area contributed by atoms with E-state index in [4.69, 9.17) is 9.15 Å². The van der Waals surface area contributed by atoms with Gasteiger partial charge in [-0.2, -0.15) is 0 Å². The van der Waals surface area contributed by atoms with Crippen LogP contribution in [0, 0.1) is 0 Å². The van der Waals surface area contributed by atoms with Crippen LogP contribution in [-0.2, 0) is 6.61 Å². The third-order valence-corrected chi connectivity index (χ3v) is 4.52. The van der Waals surface area contributed by atoms with Gasteiger partial charge in [-0.1, -0.05) is 48.5 Å². The highest BCUT2D eigenvalue weighted by molar-refractivity contribution is 9.10. The Kier molecular flexibility index (Phi) is 4.09. The van der Waals surface area contributed by atoms with Crippen molar-refractivity contribution in [2.45, 2.75) is 6.61 Å². The Morgan fingerprint density at radius 3 is 2.54 bits per heavy atom. The molecule has 4 rings (SSSR count). The standard InChI is InChI=1S/C21H15BrO2/c22-19-13-15(12-17-10-11-23-21(17)19)14-24-20-9-5-4-8-18(20)16-6-2-1-3-7-16/h1-13H,14H2. The summed E-state index contributed by atoms with van der Waals surface area (Å²) < 4.78 is 12.5. The number of rotatable bonds is 4. The van der Waals surface area contributed by atoms with Gasteiger partial charge in [-0.3, -0.25) is 0 Å². The summed E-state index contributed by atoms with van der Waals surface area (Å²) in [5.74, 6) is 0.882. The lowest BCUT2D eigenvalue weighted by molar-refractivity contribution is 0.307. The second-order valence-electron chi connectivity index (χ2n) is 5.57. The smallest absolute Gasteiger partial charge is 0.148 e. The Labute approximate surface area is 148 Å². The minimum atomic E-state index is 0.504. The van der Waals surface area contributed by atoms with E-state index >= 15 is 0 Å². The van der Waals surface area contributed by atoms with Crippen LogP contribution < -0.4 is 4.74 Å². The SMILES string of the molecule is Brc1cc(COc2ccccc2-c2ccccc2)cc2ccoc12. The number of ether oxygens (including phenoxy) is 1. The van der Waals surface area contributed by atoms with Gasteiger partial charge in [-0.05, 0) is 51.3 Å². The molecule has 24 heavy (non-hydrogen) atoms. The lowest BCUT2D eigenvalue weighted by Gasteiger charge is -2.12. The van der Waals surface area contributed by atoms with Crippen molar-refractivity contribution in [3.05, 3.63) is 89.1 Å². The molecule has 0 aliphatic rings. The molecule has 0 aliphatic heterocycles. The van der Waals surface area contributed by atoms with Crippen molar-refractivity contribution in [1.82, 2.24) is 0 Å². The summed E-state index contributed by atoms with van der Waals surface area (Å²) in [6.45, 7) is 0.504. The number of hydrogen-bond acceptors (Lipinski definition) is 2. The van der Waals surface area contributed by atoms with Crippen LogP contribution in [0.4, 0.5) is 0 Å². The van der Waals surface area contributed by atoms with Crippen LogP contribution in [0.2, 0.25) is 0 Å². The second-order valence-corrected chi connectivity index (χ2v) is 6.42. The molecule has 1 aromatic heterocycles. The van der Waals surface area contributed by atoms with Gasteiger partial charge in [0.1, 0.15) is 17.9 Å². The van der Waals surface area contributed by atoms with Gasteiger partial charge >= 0.3 is 0 Å². The van der Waals surface area contributed by atoms with Gasteiger partial charge < -0.3 is 9.15 Å². The molecule has 0 radical (unpaired) electrons. The van der Waals surface area contributed by atoms with E-state index in [0.29, 0.717) is 6.61 Å². The van der Waals surface area contributed by atoms with Gasteiger partial charge in [-0.15, -0.1) is 0 Å². The fourth-order valence-corrected chi connectivity index (χ4v) is 3.41. The number of halogens is 1. The molecule has 2 nitrogen and oxygen atoms in total. The third kappa shape index (κ3) is 2.95. The molecule has 0 aliphatic carbocycles. The minimum Gasteiger partial charge on any atom is -0.488 e. The van der Waals surface area contributed by atoms with E-state index in [0.717, 1.165) is 37.9 Å². The molecule has 0 saturated carbocycles. The van der Waals surface area contributed by atoms with E-state index in [1.165, 1.54) is 0 Å². The van der Waals surface area contributed by atoms with Crippen molar-refractivity contribution in [3.8, 4) is 16.9 Å². The van der Waals surface area contributed by atoms with Crippen LogP contribution in [0.5, 0.6) is 5.75 Å². The second kappa shape index (κ2) is 6.54. The molecule has 0 unspecified atom stereocenters. The highest BCUT2D eigenvalue weighted by atomic mass is 79.9. The summed E-state index contributed by atoms with van der Waals surface area (Å²) in [6.07, 6.45) is 1.70. The molecular formula is C21H15BrO2. The summed E-state index contributed by atoms with van der Waals surface area (Å²) in [7, 11) is 0. The summed E-state index contributed by atoms with van der Waals surface area (Å²) in [5, 5.41) is 1.07. The van der Waals surface area contributed by atoms with Crippen molar-refractivity contribution in [2.24, 2.45) is 0 Å². The molecule has 118 valence electrons. The Hall–Kier alpha value is -2.52. The van der Waals surface area contributed by atoms with Crippen LogP contribution in [0.1, 0.15) is 5.56 Å². The summed E-state index contributed by atoms with van der Waals surface area (Å²) >= 11 is 3.55. The van der Waals surface area contributed by atoms with E-state index in [1.54, 1.807) is 6.26 Å². The number of fused-ring (bicyclic) bond motifs is 1. The summed E-state index contributed by atoms with van der Waals surface area (Å²) in [5.41, 5.74) is 4.21. The molecule has 0 bridgehead atoms. The first kappa shape index (κ1) is 15.0. The van der Waals surface area contributed by atoms with Crippen molar-refractivity contribution >= 4 is 26.9 Å². The number of hydrogen-bond donors (Lipinski definition) is 0. The zero-order valence-electron chi connectivity index (χ0n) is 12.9. The molecule has 3 heteroatoms. The maximum Gasteiger partial charge on any atom is 0.148 e. The van der Waals surface area contributed by atoms with E-state index in [-0.39, 0.29) is 0 Å². The molecule has 0 fully saturated rings.